The van der Waals surface area contributed by atoms with E-state index in [-0.39, 0.29) is 46.9 Å². The van der Waals surface area contributed by atoms with Gasteiger partial charge in [0.15, 0.2) is 15.8 Å². The lowest BCUT2D eigenvalue weighted by Crippen LogP contribution is -2.52. The number of phenolic OH excluding ortho intramolecular Hbond substituents is 1. The van der Waals surface area contributed by atoms with Gasteiger partial charge < -0.3 is 20.2 Å². The average molecular weight is 562 g/mol. The molecule has 0 bridgehead atoms. The number of piperazine rings is 1. The lowest BCUT2D eigenvalue weighted by molar-refractivity contribution is 0.370. The molecule has 0 atom stereocenters. The third kappa shape index (κ3) is 6.45. The highest BCUT2D eigenvalue weighted by Gasteiger charge is 2.22. The smallest absolute Gasteiger partial charge is 0.194 e. The van der Waals surface area contributed by atoms with Gasteiger partial charge in [-0.1, -0.05) is 24.3 Å². The maximum atomic E-state index is 13.8. The number of hydrogen-bond donors (Lipinski definition) is 2. The number of nitrogens with one attached hydrogen (secondary N) is 1. The van der Waals surface area contributed by atoms with Gasteiger partial charge in [-0.3, -0.25) is 4.99 Å². The van der Waals surface area contributed by atoms with Gasteiger partial charge in [-0.25, -0.2) is 12.8 Å². The van der Waals surface area contributed by atoms with Crippen molar-refractivity contribution in [3.63, 3.8) is 0 Å². The van der Waals surface area contributed by atoms with Crippen molar-refractivity contribution < 1.29 is 17.9 Å². The first-order chi connectivity index (χ1) is 14.4. The average Bonchev–Trinajstić information content (AvgIpc) is 2.74. The van der Waals surface area contributed by atoms with Crippen LogP contribution < -0.4 is 10.2 Å². The number of rotatable bonds is 6. The lowest BCUT2D eigenvalue weighted by Gasteiger charge is -2.37. The molecule has 31 heavy (non-hydrogen) atoms. The van der Waals surface area contributed by atoms with Crippen LogP contribution in [0.25, 0.3) is 0 Å². The Morgan fingerprint density at radius 3 is 2.39 bits per heavy atom. The molecule has 10 heteroatoms. The van der Waals surface area contributed by atoms with E-state index in [0.717, 1.165) is 11.8 Å². The Bertz CT molecular complexity index is 996. The fraction of sp³-hybridized carbons (Fsp3) is 0.381. The van der Waals surface area contributed by atoms with E-state index < -0.39 is 15.7 Å². The SMILES string of the molecule is CCNC(=NCCS(=O)(=O)c1ccccc1F)N1CCN(c2ccccc2O)CC1.I. The number of benzene rings is 2. The first kappa shape index (κ1) is 25.2. The van der Waals surface area contributed by atoms with Crippen molar-refractivity contribution in [1.82, 2.24) is 10.2 Å². The summed E-state index contributed by atoms with van der Waals surface area (Å²) in [4.78, 5) is 8.34. The van der Waals surface area contributed by atoms with Gasteiger partial charge in [-0.2, -0.15) is 0 Å². The van der Waals surface area contributed by atoms with Crippen molar-refractivity contribution in [2.75, 3.05) is 49.9 Å². The van der Waals surface area contributed by atoms with E-state index in [4.69, 9.17) is 0 Å². The number of guanidine groups is 1. The zero-order valence-electron chi connectivity index (χ0n) is 17.4. The van der Waals surface area contributed by atoms with Gasteiger partial charge in [0.2, 0.25) is 0 Å². The van der Waals surface area contributed by atoms with Crippen molar-refractivity contribution in [3.05, 3.63) is 54.3 Å². The Hall–Kier alpha value is -2.08. The zero-order valence-corrected chi connectivity index (χ0v) is 20.5. The van der Waals surface area contributed by atoms with E-state index in [1.165, 1.54) is 18.2 Å². The van der Waals surface area contributed by atoms with E-state index in [0.29, 0.717) is 38.7 Å². The van der Waals surface area contributed by atoms with Crippen LogP contribution in [0.4, 0.5) is 10.1 Å². The summed E-state index contributed by atoms with van der Waals surface area (Å²) < 4.78 is 38.7. The summed E-state index contributed by atoms with van der Waals surface area (Å²) in [6.45, 7) is 5.41. The van der Waals surface area contributed by atoms with Crippen LogP contribution in [-0.4, -0.2) is 69.4 Å². The van der Waals surface area contributed by atoms with E-state index in [1.54, 1.807) is 12.1 Å². The molecule has 1 heterocycles. The Morgan fingerprint density at radius 1 is 1.10 bits per heavy atom. The molecular formula is C21H28FIN4O3S. The second-order valence-electron chi connectivity index (χ2n) is 6.95. The van der Waals surface area contributed by atoms with Gasteiger partial charge in [0.1, 0.15) is 16.5 Å². The molecule has 0 radical (unpaired) electrons. The van der Waals surface area contributed by atoms with Crippen molar-refractivity contribution in [1.29, 1.82) is 0 Å². The zero-order chi connectivity index (χ0) is 21.6. The predicted molar refractivity (Wildman–Crippen MR) is 132 cm³/mol. The van der Waals surface area contributed by atoms with Gasteiger partial charge in [-0.05, 0) is 31.2 Å². The fourth-order valence-electron chi connectivity index (χ4n) is 3.40. The van der Waals surface area contributed by atoms with Crippen LogP contribution in [0.2, 0.25) is 0 Å². The summed E-state index contributed by atoms with van der Waals surface area (Å²) in [5.74, 6) is -0.113. The third-order valence-electron chi connectivity index (χ3n) is 4.93. The molecule has 2 aromatic carbocycles. The predicted octanol–water partition coefficient (Wildman–Crippen LogP) is 2.71. The number of halogens is 2. The van der Waals surface area contributed by atoms with Crippen LogP contribution in [0.5, 0.6) is 5.75 Å². The molecule has 3 rings (SSSR count). The van der Waals surface area contributed by atoms with Gasteiger partial charge >= 0.3 is 0 Å². The summed E-state index contributed by atoms with van der Waals surface area (Å²) in [6.07, 6.45) is 0. The molecule has 170 valence electrons. The molecule has 0 amide bonds. The molecule has 1 fully saturated rings. The lowest BCUT2D eigenvalue weighted by atomic mass is 10.2. The van der Waals surface area contributed by atoms with E-state index in [9.17, 15) is 17.9 Å². The monoisotopic (exact) mass is 562 g/mol. The molecule has 7 nitrogen and oxygen atoms in total. The molecule has 2 N–H and O–H groups in total. The van der Waals surface area contributed by atoms with Gasteiger partial charge in [0, 0.05) is 32.7 Å². The van der Waals surface area contributed by atoms with Crippen LogP contribution in [0.15, 0.2) is 58.4 Å². The number of phenols is 1. The Kier molecular flexibility index (Phi) is 9.35. The van der Waals surface area contributed by atoms with Gasteiger partial charge in [-0.15, -0.1) is 24.0 Å². The van der Waals surface area contributed by atoms with E-state index in [2.05, 4.69) is 20.1 Å². The highest BCUT2D eigenvalue weighted by Crippen LogP contribution is 2.27. The molecule has 1 saturated heterocycles. The van der Waals surface area contributed by atoms with Crippen molar-refractivity contribution in [3.8, 4) is 5.75 Å². The molecule has 1 aliphatic rings. The molecule has 0 unspecified atom stereocenters. The Balaban J connectivity index is 0.00000341. The van der Waals surface area contributed by atoms with E-state index >= 15 is 0 Å². The largest absolute Gasteiger partial charge is 0.506 e. The molecule has 0 aliphatic carbocycles. The normalized spacial score (nSPS) is 14.8. The molecule has 1 aliphatic heterocycles. The number of anilines is 1. The van der Waals surface area contributed by atoms with Crippen LogP contribution in [-0.2, 0) is 9.84 Å². The molecule has 0 saturated carbocycles. The number of aromatic hydroxyl groups is 1. The minimum atomic E-state index is -3.75. The Morgan fingerprint density at radius 2 is 1.74 bits per heavy atom. The van der Waals surface area contributed by atoms with Crippen LogP contribution in [0.1, 0.15) is 6.92 Å². The Labute approximate surface area is 199 Å². The maximum absolute atomic E-state index is 13.8. The summed E-state index contributed by atoms with van der Waals surface area (Å²) in [7, 11) is -3.75. The van der Waals surface area contributed by atoms with Gasteiger partial charge in [0.05, 0.1) is 18.0 Å². The topological polar surface area (TPSA) is 85.2 Å². The first-order valence-electron chi connectivity index (χ1n) is 9.96. The quantitative estimate of drug-likeness (QED) is 0.320. The van der Waals surface area contributed by atoms with Crippen molar-refractivity contribution in [2.45, 2.75) is 11.8 Å². The summed E-state index contributed by atoms with van der Waals surface area (Å²) in [6, 6.07) is 12.6. The molecule has 2 aromatic rings. The first-order valence-corrected chi connectivity index (χ1v) is 11.6. The highest BCUT2D eigenvalue weighted by atomic mass is 127. The van der Waals surface area contributed by atoms with Crippen molar-refractivity contribution >= 4 is 45.5 Å². The minimum absolute atomic E-state index is 0. The molecular weight excluding hydrogens is 534 g/mol. The minimum Gasteiger partial charge on any atom is -0.506 e. The fourth-order valence-corrected chi connectivity index (χ4v) is 4.60. The van der Waals surface area contributed by atoms with E-state index in [1.807, 2.05) is 19.1 Å². The highest BCUT2D eigenvalue weighted by molar-refractivity contribution is 14.0. The number of para-hydroxylation sites is 2. The van der Waals surface area contributed by atoms with Crippen LogP contribution >= 0.6 is 24.0 Å². The van der Waals surface area contributed by atoms with Gasteiger partial charge in [0.25, 0.3) is 0 Å². The third-order valence-corrected chi connectivity index (χ3v) is 6.65. The second-order valence-corrected chi connectivity index (χ2v) is 9.03. The molecule has 0 aromatic heterocycles. The summed E-state index contributed by atoms with van der Waals surface area (Å²) in [5, 5.41) is 13.2. The number of hydrogen-bond acceptors (Lipinski definition) is 5. The maximum Gasteiger partial charge on any atom is 0.194 e. The standard InChI is InChI=1S/C21H27FN4O3S.HI/c1-2-23-21(24-11-16-30(28,29)20-10-6-3-7-17(20)22)26-14-12-25(13-15-26)18-8-4-5-9-19(18)27;/h3-10,27H,2,11-16H2,1H3,(H,23,24);1H. The summed E-state index contributed by atoms with van der Waals surface area (Å²) >= 11 is 0. The second kappa shape index (κ2) is 11.5. The molecule has 0 spiro atoms. The number of nitrogens with zero attached hydrogens (tertiary/aromatic N) is 3. The number of aliphatic imine (C=N–C) groups is 1. The summed E-state index contributed by atoms with van der Waals surface area (Å²) in [5.41, 5.74) is 0.801. The van der Waals surface area contributed by atoms with Crippen molar-refractivity contribution in [2.24, 2.45) is 4.99 Å². The van der Waals surface area contributed by atoms with Crippen LogP contribution in [0.3, 0.4) is 0 Å². The number of sulfone groups is 1. The van der Waals surface area contributed by atoms with Crippen LogP contribution in [0, 0.1) is 5.82 Å².